The van der Waals surface area contributed by atoms with Crippen LogP contribution in [0.15, 0.2) is 23.1 Å². The fourth-order valence-corrected chi connectivity index (χ4v) is 2.81. The summed E-state index contributed by atoms with van der Waals surface area (Å²) in [4.78, 5) is 3.74. The van der Waals surface area contributed by atoms with E-state index < -0.39 is 0 Å². The van der Waals surface area contributed by atoms with Gasteiger partial charge in [0.2, 0.25) is 0 Å². The zero-order chi connectivity index (χ0) is 12.8. The summed E-state index contributed by atoms with van der Waals surface area (Å²) in [5.41, 5.74) is 8.50. The molecular weight excluding hydrogens is 228 g/mol. The van der Waals surface area contributed by atoms with Crippen LogP contribution in [0.1, 0.15) is 32.8 Å². The molecule has 2 nitrogen and oxygen atoms in total. The molecule has 3 heteroatoms. The topological polar surface area (TPSA) is 29.3 Å². The first kappa shape index (κ1) is 14.4. The Balaban J connectivity index is 3.18. The quantitative estimate of drug-likeness (QED) is 0.786. The number of benzene rings is 1. The summed E-state index contributed by atoms with van der Waals surface area (Å²) in [6, 6.07) is 7.03. The highest BCUT2D eigenvalue weighted by Crippen LogP contribution is 2.30. The minimum Gasteiger partial charge on any atom is -0.369 e. The summed E-state index contributed by atoms with van der Waals surface area (Å²) >= 11 is 1.77. The van der Waals surface area contributed by atoms with Crippen molar-refractivity contribution in [2.45, 2.75) is 44.7 Å². The van der Waals surface area contributed by atoms with Crippen molar-refractivity contribution in [3.05, 3.63) is 23.8 Å². The lowest BCUT2D eigenvalue weighted by atomic mass is 10.1. The molecule has 0 aromatic heterocycles. The SMILES string of the molecule is CCC(C)N(CC)c1cccc(SC)c1CN. The molecule has 0 heterocycles. The second-order valence-corrected chi connectivity index (χ2v) is 5.05. The number of anilines is 1. The van der Waals surface area contributed by atoms with Crippen LogP contribution in [0.25, 0.3) is 0 Å². The predicted molar refractivity (Wildman–Crippen MR) is 78.9 cm³/mol. The largest absolute Gasteiger partial charge is 0.369 e. The smallest absolute Gasteiger partial charge is 0.0425 e. The summed E-state index contributed by atoms with van der Waals surface area (Å²) in [5, 5.41) is 0. The molecule has 1 aromatic carbocycles. The average molecular weight is 252 g/mol. The zero-order valence-electron chi connectivity index (χ0n) is 11.4. The van der Waals surface area contributed by atoms with E-state index in [1.807, 2.05) is 0 Å². The Morgan fingerprint density at radius 2 is 2.06 bits per heavy atom. The number of thioether (sulfide) groups is 1. The highest BCUT2D eigenvalue weighted by Gasteiger charge is 2.15. The van der Waals surface area contributed by atoms with Gasteiger partial charge in [-0.25, -0.2) is 0 Å². The molecule has 0 aliphatic heterocycles. The Kier molecular flexibility index (Phi) is 5.86. The van der Waals surface area contributed by atoms with Crippen LogP contribution >= 0.6 is 11.8 Å². The van der Waals surface area contributed by atoms with E-state index in [2.05, 4.69) is 50.1 Å². The number of nitrogens with zero attached hydrogens (tertiary/aromatic N) is 1. The van der Waals surface area contributed by atoms with Gasteiger partial charge in [-0.3, -0.25) is 0 Å². The standard InChI is InChI=1S/C14H24N2S/c1-5-11(3)16(6-2)13-8-7-9-14(17-4)12(13)10-15/h7-9,11H,5-6,10,15H2,1-4H3. The van der Waals surface area contributed by atoms with Crippen LogP contribution in [-0.2, 0) is 6.54 Å². The monoisotopic (exact) mass is 252 g/mol. The lowest BCUT2D eigenvalue weighted by molar-refractivity contribution is 0.626. The van der Waals surface area contributed by atoms with Gasteiger partial charge in [0.1, 0.15) is 0 Å². The van der Waals surface area contributed by atoms with Crippen molar-refractivity contribution in [2.75, 3.05) is 17.7 Å². The fourth-order valence-electron chi connectivity index (χ4n) is 2.16. The lowest BCUT2D eigenvalue weighted by Gasteiger charge is -2.32. The molecule has 0 aliphatic rings. The van der Waals surface area contributed by atoms with Crippen molar-refractivity contribution in [1.82, 2.24) is 0 Å². The van der Waals surface area contributed by atoms with Gasteiger partial charge in [-0.1, -0.05) is 13.0 Å². The van der Waals surface area contributed by atoms with E-state index in [1.165, 1.54) is 16.1 Å². The normalized spacial score (nSPS) is 12.5. The highest BCUT2D eigenvalue weighted by atomic mass is 32.2. The Labute approximate surface area is 110 Å². The number of nitrogens with two attached hydrogens (primary N) is 1. The van der Waals surface area contributed by atoms with E-state index in [9.17, 15) is 0 Å². The maximum atomic E-state index is 5.92. The van der Waals surface area contributed by atoms with Crippen LogP contribution in [0.4, 0.5) is 5.69 Å². The fraction of sp³-hybridized carbons (Fsp3) is 0.571. The van der Waals surface area contributed by atoms with Gasteiger partial charge in [0.15, 0.2) is 0 Å². The van der Waals surface area contributed by atoms with Crippen LogP contribution in [0.2, 0.25) is 0 Å². The molecule has 17 heavy (non-hydrogen) atoms. The van der Waals surface area contributed by atoms with E-state index in [-0.39, 0.29) is 0 Å². The second kappa shape index (κ2) is 6.92. The highest BCUT2D eigenvalue weighted by molar-refractivity contribution is 7.98. The van der Waals surface area contributed by atoms with E-state index >= 15 is 0 Å². The molecule has 0 fully saturated rings. The van der Waals surface area contributed by atoms with Gasteiger partial charge in [-0.2, -0.15) is 0 Å². The average Bonchev–Trinajstić information content (AvgIpc) is 2.38. The van der Waals surface area contributed by atoms with Crippen molar-refractivity contribution in [2.24, 2.45) is 5.73 Å². The predicted octanol–water partition coefficient (Wildman–Crippen LogP) is 3.49. The lowest BCUT2D eigenvalue weighted by Crippen LogP contribution is -2.33. The number of hydrogen-bond donors (Lipinski definition) is 1. The molecule has 0 aliphatic carbocycles. The van der Waals surface area contributed by atoms with Gasteiger partial charge >= 0.3 is 0 Å². The van der Waals surface area contributed by atoms with Gasteiger partial charge in [0.05, 0.1) is 0 Å². The minimum absolute atomic E-state index is 0.558. The van der Waals surface area contributed by atoms with Gasteiger partial charge in [0, 0.05) is 35.3 Å². The van der Waals surface area contributed by atoms with E-state index in [0.717, 1.165) is 13.0 Å². The van der Waals surface area contributed by atoms with Crippen LogP contribution in [0, 0.1) is 0 Å². The maximum Gasteiger partial charge on any atom is 0.0425 e. The minimum atomic E-state index is 0.558. The Morgan fingerprint density at radius 1 is 1.35 bits per heavy atom. The van der Waals surface area contributed by atoms with Crippen molar-refractivity contribution in [1.29, 1.82) is 0 Å². The molecule has 2 N–H and O–H groups in total. The summed E-state index contributed by atoms with van der Waals surface area (Å²) in [6.45, 7) is 8.35. The Hall–Kier alpha value is -0.670. The molecule has 0 spiro atoms. The van der Waals surface area contributed by atoms with Crippen molar-refractivity contribution >= 4 is 17.4 Å². The molecule has 0 saturated carbocycles. The van der Waals surface area contributed by atoms with E-state index in [0.29, 0.717) is 12.6 Å². The molecule has 0 bridgehead atoms. The van der Waals surface area contributed by atoms with Gasteiger partial charge in [-0.15, -0.1) is 11.8 Å². The Morgan fingerprint density at radius 3 is 2.53 bits per heavy atom. The summed E-state index contributed by atoms with van der Waals surface area (Å²) in [7, 11) is 0. The van der Waals surface area contributed by atoms with Gasteiger partial charge < -0.3 is 10.6 Å². The zero-order valence-corrected chi connectivity index (χ0v) is 12.2. The van der Waals surface area contributed by atoms with Gasteiger partial charge in [-0.05, 0) is 38.7 Å². The first-order valence-corrected chi connectivity index (χ1v) is 7.54. The second-order valence-electron chi connectivity index (χ2n) is 4.21. The number of rotatable bonds is 6. The molecule has 96 valence electrons. The molecule has 0 amide bonds. The third kappa shape index (κ3) is 3.17. The Bertz CT molecular complexity index is 352. The van der Waals surface area contributed by atoms with Crippen LogP contribution in [-0.4, -0.2) is 18.8 Å². The summed E-state index contributed by atoms with van der Waals surface area (Å²) in [5.74, 6) is 0. The third-order valence-electron chi connectivity index (χ3n) is 3.31. The number of hydrogen-bond acceptors (Lipinski definition) is 3. The van der Waals surface area contributed by atoms with Crippen molar-refractivity contribution in [3.63, 3.8) is 0 Å². The molecule has 0 saturated heterocycles. The van der Waals surface area contributed by atoms with Gasteiger partial charge in [0.25, 0.3) is 0 Å². The third-order valence-corrected chi connectivity index (χ3v) is 4.13. The molecule has 1 unspecified atom stereocenters. The molecular formula is C14H24N2S. The molecule has 1 rings (SSSR count). The van der Waals surface area contributed by atoms with Crippen LogP contribution in [0.5, 0.6) is 0 Å². The van der Waals surface area contributed by atoms with E-state index in [4.69, 9.17) is 5.73 Å². The van der Waals surface area contributed by atoms with E-state index in [1.54, 1.807) is 11.8 Å². The van der Waals surface area contributed by atoms with Crippen molar-refractivity contribution in [3.8, 4) is 0 Å². The van der Waals surface area contributed by atoms with Crippen LogP contribution in [0.3, 0.4) is 0 Å². The van der Waals surface area contributed by atoms with Crippen molar-refractivity contribution < 1.29 is 0 Å². The first-order valence-electron chi connectivity index (χ1n) is 6.32. The van der Waals surface area contributed by atoms with Crippen LogP contribution < -0.4 is 10.6 Å². The first-order chi connectivity index (χ1) is 8.19. The molecule has 1 atom stereocenters. The summed E-state index contributed by atoms with van der Waals surface area (Å²) in [6.07, 6.45) is 3.26. The molecule has 1 aromatic rings. The maximum absolute atomic E-state index is 5.92. The molecule has 0 radical (unpaired) electrons. The summed E-state index contributed by atoms with van der Waals surface area (Å²) < 4.78 is 0.